The van der Waals surface area contributed by atoms with Crippen molar-refractivity contribution in [1.29, 1.82) is 0 Å². The average Bonchev–Trinajstić information content (AvgIpc) is 2.49. The van der Waals surface area contributed by atoms with Gasteiger partial charge in [-0.25, -0.2) is 0 Å². The molecule has 0 spiro atoms. The van der Waals surface area contributed by atoms with E-state index < -0.39 is 0 Å². The van der Waals surface area contributed by atoms with E-state index in [1.807, 2.05) is 39.1 Å². The van der Waals surface area contributed by atoms with Gasteiger partial charge in [0.2, 0.25) is 5.91 Å². The first-order valence-corrected chi connectivity index (χ1v) is 4.91. The standard InChI is InChI=1S/C11H18N2O/c1-11(2,3)13-10(14)7-6-9-5-4-8-12-9/h4-5,8,12H,6-7H2,1-3H3,(H,13,14). The van der Waals surface area contributed by atoms with Crippen LogP contribution < -0.4 is 5.32 Å². The molecule has 0 aliphatic carbocycles. The fraction of sp³-hybridized carbons (Fsp3) is 0.545. The van der Waals surface area contributed by atoms with Gasteiger partial charge in [-0.3, -0.25) is 4.79 Å². The second-order valence-corrected chi connectivity index (χ2v) is 4.49. The Morgan fingerprint density at radius 1 is 1.50 bits per heavy atom. The fourth-order valence-electron chi connectivity index (χ4n) is 1.25. The maximum atomic E-state index is 11.4. The van der Waals surface area contributed by atoms with Gasteiger partial charge in [-0.1, -0.05) is 0 Å². The summed E-state index contributed by atoms with van der Waals surface area (Å²) in [6.07, 6.45) is 3.18. The maximum Gasteiger partial charge on any atom is 0.220 e. The lowest BCUT2D eigenvalue weighted by atomic mass is 10.1. The molecule has 0 atom stereocenters. The smallest absolute Gasteiger partial charge is 0.220 e. The van der Waals surface area contributed by atoms with Gasteiger partial charge in [-0.05, 0) is 39.3 Å². The minimum atomic E-state index is -0.132. The Kier molecular flexibility index (Phi) is 3.33. The summed E-state index contributed by atoms with van der Waals surface area (Å²) in [5, 5.41) is 2.93. The number of hydrogen-bond donors (Lipinski definition) is 2. The van der Waals surface area contributed by atoms with E-state index in [0.29, 0.717) is 6.42 Å². The van der Waals surface area contributed by atoms with Crippen LogP contribution in [0.1, 0.15) is 32.9 Å². The van der Waals surface area contributed by atoms with E-state index in [0.717, 1.165) is 12.1 Å². The van der Waals surface area contributed by atoms with Crippen LogP contribution in [-0.2, 0) is 11.2 Å². The molecular weight excluding hydrogens is 176 g/mol. The molecule has 0 saturated heterocycles. The average molecular weight is 194 g/mol. The number of aromatic amines is 1. The van der Waals surface area contributed by atoms with Crippen LogP contribution in [-0.4, -0.2) is 16.4 Å². The third-order valence-electron chi connectivity index (χ3n) is 1.80. The molecule has 0 saturated carbocycles. The molecular formula is C11H18N2O. The molecule has 0 aromatic carbocycles. The third kappa shape index (κ3) is 4.12. The number of rotatable bonds is 3. The van der Waals surface area contributed by atoms with Crippen LogP contribution in [0.2, 0.25) is 0 Å². The Labute approximate surface area is 84.9 Å². The van der Waals surface area contributed by atoms with E-state index in [2.05, 4.69) is 10.3 Å². The van der Waals surface area contributed by atoms with E-state index in [-0.39, 0.29) is 11.4 Å². The quantitative estimate of drug-likeness (QED) is 0.758. The molecule has 0 aliphatic rings. The molecule has 1 rings (SSSR count). The van der Waals surface area contributed by atoms with Gasteiger partial charge in [0.05, 0.1) is 0 Å². The highest BCUT2D eigenvalue weighted by Crippen LogP contribution is 2.02. The SMILES string of the molecule is CC(C)(C)NC(=O)CCc1ccc[nH]1. The summed E-state index contributed by atoms with van der Waals surface area (Å²) in [7, 11) is 0. The van der Waals surface area contributed by atoms with Crippen molar-refractivity contribution in [1.82, 2.24) is 10.3 Å². The highest BCUT2D eigenvalue weighted by molar-refractivity contribution is 5.76. The zero-order chi connectivity index (χ0) is 10.6. The summed E-state index contributed by atoms with van der Waals surface area (Å²) in [5.41, 5.74) is 0.973. The molecule has 1 aromatic heterocycles. The molecule has 0 aliphatic heterocycles. The number of carbonyl (C=O) groups is 1. The molecule has 0 bridgehead atoms. The topological polar surface area (TPSA) is 44.9 Å². The van der Waals surface area contributed by atoms with Crippen LogP contribution >= 0.6 is 0 Å². The van der Waals surface area contributed by atoms with Crippen molar-refractivity contribution in [3.05, 3.63) is 24.0 Å². The molecule has 14 heavy (non-hydrogen) atoms. The maximum absolute atomic E-state index is 11.4. The molecule has 3 nitrogen and oxygen atoms in total. The summed E-state index contributed by atoms with van der Waals surface area (Å²) in [6, 6.07) is 3.93. The first kappa shape index (κ1) is 10.8. The molecule has 0 radical (unpaired) electrons. The molecule has 3 heteroatoms. The van der Waals surface area contributed by atoms with Gasteiger partial charge >= 0.3 is 0 Å². The zero-order valence-electron chi connectivity index (χ0n) is 9.05. The van der Waals surface area contributed by atoms with E-state index >= 15 is 0 Å². The molecule has 1 aromatic rings. The zero-order valence-corrected chi connectivity index (χ0v) is 9.05. The Morgan fingerprint density at radius 3 is 2.71 bits per heavy atom. The predicted molar refractivity (Wildman–Crippen MR) is 57.0 cm³/mol. The summed E-state index contributed by atoms with van der Waals surface area (Å²) in [4.78, 5) is 14.5. The largest absolute Gasteiger partial charge is 0.365 e. The van der Waals surface area contributed by atoms with Crippen LogP contribution in [0.4, 0.5) is 0 Å². The first-order valence-electron chi connectivity index (χ1n) is 4.91. The highest BCUT2D eigenvalue weighted by atomic mass is 16.1. The lowest BCUT2D eigenvalue weighted by molar-refractivity contribution is -0.122. The van der Waals surface area contributed by atoms with Crippen molar-refractivity contribution in [2.75, 3.05) is 0 Å². The van der Waals surface area contributed by atoms with E-state index in [1.165, 1.54) is 0 Å². The molecule has 1 amide bonds. The van der Waals surface area contributed by atoms with Gasteiger partial charge in [0.1, 0.15) is 0 Å². The molecule has 1 heterocycles. The minimum absolute atomic E-state index is 0.104. The minimum Gasteiger partial charge on any atom is -0.365 e. The number of aryl methyl sites for hydroxylation is 1. The van der Waals surface area contributed by atoms with Gasteiger partial charge < -0.3 is 10.3 Å². The van der Waals surface area contributed by atoms with Gasteiger partial charge in [-0.15, -0.1) is 0 Å². The lowest BCUT2D eigenvalue weighted by Crippen LogP contribution is -2.40. The number of H-pyrrole nitrogens is 1. The van der Waals surface area contributed by atoms with Crippen molar-refractivity contribution in [3.63, 3.8) is 0 Å². The number of amides is 1. The van der Waals surface area contributed by atoms with Gasteiger partial charge in [0.15, 0.2) is 0 Å². The van der Waals surface area contributed by atoms with Gasteiger partial charge in [-0.2, -0.15) is 0 Å². The summed E-state index contributed by atoms with van der Waals surface area (Å²) >= 11 is 0. The van der Waals surface area contributed by atoms with Gasteiger partial charge in [0, 0.05) is 23.9 Å². The van der Waals surface area contributed by atoms with Gasteiger partial charge in [0.25, 0.3) is 0 Å². The van der Waals surface area contributed by atoms with Crippen molar-refractivity contribution in [2.24, 2.45) is 0 Å². The molecule has 0 unspecified atom stereocenters. The molecule has 2 N–H and O–H groups in total. The van der Waals surface area contributed by atoms with Crippen molar-refractivity contribution in [2.45, 2.75) is 39.2 Å². The summed E-state index contributed by atoms with van der Waals surface area (Å²) < 4.78 is 0. The van der Waals surface area contributed by atoms with Crippen molar-refractivity contribution in [3.8, 4) is 0 Å². The molecule has 78 valence electrons. The van der Waals surface area contributed by atoms with Crippen LogP contribution in [0.3, 0.4) is 0 Å². The Morgan fingerprint density at radius 2 is 2.21 bits per heavy atom. The third-order valence-corrected chi connectivity index (χ3v) is 1.80. The van der Waals surface area contributed by atoms with Crippen molar-refractivity contribution >= 4 is 5.91 Å². The van der Waals surface area contributed by atoms with Crippen LogP contribution in [0.5, 0.6) is 0 Å². The van der Waals surface area contributed by atoms with Crippen molar-refractivity contribution < 1.29 is 4.79 Å². The summed E-state index contributed by atoms with van der Waals surface area (Å²) in [6.45, 7) is 5.96. The number of nitrogens with one attached hydrogen (secondary N) is 2. The molecule has 0 fully saturated rings. The Hall–Kier alpha value is -1.25. The second kappa shape index (κ2) is 4.31. The Balaban J connectivity index is 2.29. The van der Waals surface area contributed by atoms with E-state index in [9.17, 15) is 4.79 Å². The number of hydrogen-bond acceptors (Lipinski definition) is 1. The Bertz CT molecular complexity index is 283. The second-order valence-electron chi connectivity index (χ2n) is 4.49. The van der Waals surface area contributed by atoms with E-state index in [1.54, 1.807) is 0 Å². The first-order chi connectivity index (χ1) is 6.47. The fourth-order valence-corrected chi connectivity index (χ4v) is 1.25. The normalized spacial score (nSPS) is 11.4. The lowest BCUT2D eigenvalue weighted by Gasteiger charge is -2.20. The highest BCUT2D eigenvalue weighted by Gasteiger charge is 2.13. The monoisotopic (exact) mass is 194 g/mol. The van der Waals surface area contributed by atoms with Crippen LogP contribution in [0.15, 0.2) is 18.3 Å². The number of aromatic nitrogens is 1. The van der Waals surface area contributed by atoms with Crippen LogP contribution in [0, 0.1) is 0 Å². The van der Waals surface area contributed by atoms with Crippen LogP contribution in [0.25, 0.3) is 0 Å². The summed E-state index contributed by atoms with van der Waals surface area (Å²) in [5.74, 6) is 0.104. The number of carbonyl (C=O) groups excluding carboxylic acids is 1. The predicted octanol–water partition coefficient (Wildman–Crippen LogP) is 1.86. The van der Waals surface area contributed by atoms with E-state index in [4.69, 9.17) is 0 Å².